The van der Waals surface area contributed by atoms with Gasteiger partial charge in [-0.25, -0.2) is 0 Å². The summed E-state index contributed by atoms with van der Waals surface area (Å²) in [6.07, 6.45) is 4.90. The van der Waals surface area contributed by atoms with Crippen LogP contribution in [-0.2, 0) is 4.84 Å². The second-order valence-corrected chi connectivity index (χ2v) is 7.29. The minimum absolute atomic E-state index is 0.583. The van der Waals surface area contributed by atoms with E-state index in [-0.39, 0.29) is 0 Å². The molecule has 2 rings (SSSR count). The van der Waals surface area contributed by atoms with E-state index in [1.165, 1.54) is 0 Å². The summed E-state index contributed by atoms with van der Waals surface area (Å²) in [7, 11) is 3.67. The van der Waals surface area contributed by atoms with Crippen molar-refractivity contribution in [2.45, 2.75) is 27.2 Å². The molecule has 0 aromatic heterocycles. The fraction of sp³-hybridized carbons (Fsp3) is 0.400. The largest absolute Gasteiger partial charge is 0.493 e. The molecule has 0 aliphatic carbocycles. The Labute approximate surface area is 180 Å². The highest BCUT2D eigenvalue weighted by atomic mass is 16.6. The first-order chi connectivity index (χ1) is 14.5. The highest BCUT2D eigenvalue weighted by Gasteiger charge is 2.10. The Morgan fingerprint density at radius 2 is 1.77 bits per heavy atom. The molecule has 0 bridgehead atoms. The SMILES string of the molecule is C/C=C/COc1cc(C)c(OCCCN(C)C/C(=N/OC)c2ccccc2)c(C)c1. The molecular formula is C25H34N2O3. The van der Waals surface area contributed by atoms with E-state index in [0.717, 1.165) is 46.9 Å². The number of rotatable bonds is 12. The fourth-order valence-electron chi connectivity index (χ4n) is 3.22. The van der Waals surface area contributed by atoms with Crippen LogP contribution in [0.2, 0.25) is 0 Å². The Morgan fingerprint density at radius 3 is 2.40 bits per heavy atom. The molecule has 0 unspecified atom stereocenters. The Bertz CT molecular complexity index is 809. The normalized spacial score (nSPS) is 11.9. The van der Waals surface area contributed by atoms with Gasteiger partial charge in [-0.1, -0.05) is 47.6 Å². The van der Waals surface area contributed by atoms with Crippen LogP contribution in [0.3, 0.4) is 0 Å². The number of hydrogen-bond acceptors (Lipinski definition) is 5. The molecule has 0 aliphatic rings. The smallest absolute Gasteiger partial charge is 0.125 e. The molecule has 0 heterocycles. The number of oxime groups is 1. The van der Waals surface area contributed by atoms with Gasteiger partial charge in [0.05, 0.1) is 6.61 Å². The van der Waals surface area contributed by atoms with Crippen molar-refractivity contribution in [3.05, 3.63) is 71.3 Å². The van der Waals surface area contributed by atoms with E-state index >= 15 is 0 Å². The van der Waals surface area contributed by atoms with Crippen LogP contribution in [0.4, 0.5) is 0 Å². The first kappa shape index (κ1) is 23.5. The lowest BCUT2D eigenvalue weighted by Crippen LogP contribution is -2.28. The summed E-state index contributed by atoms with van der Waals surface area (Å²) in [4.78, 5) is 7.26. The van der Waals surface area contributed by atoms with E-state index in [4.69, 9.17) is 14.3 Å². The third-order valence-electron chi connectivity index (χ3n) is 4.67. The van der Waals surface area contributed by atoms with E-state index in [1.54, 1.807) is 7.11 Å². The van der Waals surface area contributed by atoms with Crippen molar-refractivity contribution in [3.8, 4) is 11.5 Å². The minimum Gasteiger partial charge on any atom is -0.493 e. The maximum atomic E-state index is 6.08. The van der Waals surface area contributed by atoms with Gasteiger partial charge in [-0.05, 0) is 57.5 Å². The zero-order valence-electron chi connectivity index (χ0n) is 18.9. The van der Waals surface area contributed by atoms with Crippen molar-refractivity contribution in [2.75, 3.05) is 40.5 Å². The van der Waals surface area contributed by atoms with Gasteiger partial charge in [0, 0.05) is 18.7 Å². The molecule has 0 saturated heterocycles. The highest BCUT2D eigenvalue weighted by molar-refractivity contribution is 6.01. The van der Waals surface area contributed by atoms with Crippen molar-refractivity contribution in [1.29, 1.82) is 0 Å². The van der Waals surface area contributed by atoms with Crippen LogP contribution in [0.1, 0.15) is 30.0 Å². The predicted octanol–water partition coefficient (Wildman–Crippen LogP) is 5.01. The average Bonchev–Trinajstić information content (AvgIpc) is 2.73. The lowest BCUT2D eigenvalue weighted by atomic mass is 10.1. The molecule has 0 aliphatic heterocycles. The summed E-state index contributed by atoms with van der Waals surface area (Å²) in [6.45, 7) is 8.97. The topological polar surface area (TPSA) is 43.3 Å². The van der Waals surface area contributed by atoms with Crippen LogP contribution in [0.25, 0.3) is 0 Å². The molecule has 0 N–H and O–H groups in total. The molecule has 5 heteroatoms. The summed E-state index contributed by atoms with van der Waals surface area (Å²) in [5.74, 6) is 1.82. The molecule has 2 aromatic carbocycles. The quantitative estimate of drug-likeness (QED) is 0.214. The maximum Gasteiger partial charge on any atom is 0.125 e. The Morgan fingerprint density at radius 1 is 1.07 bits per heavy atom. The van der Waals surface area contributed by atoms with Crippen molar-refractivity contribution in [1.82, 2.24) is 4.90 Å². The summed E-state index contributed by atoms with van der Waals surface area (Å²) >= 11 is 0. The Kier molecular flexibility index (Phi) is 9.95. The van der Waals surface area contributed by atoms with Crippen molar-refractivity contribution < 1.29 is 14.3 Å². The van der Waals surface area contributed by atoms with E-state index in [9.17, 15) is 0 Å². The van der Waals surface area contributed by atoms with Gasteiger partial charge in [-0.2, -0.15) is 0 Å². The fourth-order valence-corrected chi connectivity index (χ4v) is 3.22. The monoisotopic (exact) mass is 410 g/mol. The molecule has 162 valence electrons. The van der Waals surface area contributed by atoms with Gasteiger partial charge in [0.25, 0.3) is 0 Å². The minimum atomic E-state index is 0.583. The van der Waals surface area contributed by atoms with Crippen LogP contribution in [0.15, 0.2) is 59.8 Å². The van der Waals surface area contributed by atoms with Gasteiger partial charge in [0.15, 0.2) is 0 Å². The number of ether oxygens (including phenoxy) is 2. The highest BCUT2D eigenvalue weighted by Crippen LogP contribution is 2.28. The lowest BCUT2D eigenvalue weighted by molar-refractivity contribution is 0.210. The second-order valence-electron chi connectivity index (χ2n) is 7.29. The van der Waals surface area contributed by atoms with Crippen LogP contribution in [-0.4, -0.2) is 51.1 Å². The Hall–Kier alpha value is -2.79. The summed E-state index contributed by atoms with van der Waals surface area (Å²) in [5, 5.41) is 4.20. The molecule has 0 amide bonds. The number of nitrogens with zero attached hydrogens (tertiary/aromatic N) is 2. The third-order valence-corrected chi connectivity index (χ3v) is 4.67. The Balaban J connectivity index is 1.83. The average molecular weight is 411 g/mol. The molecule has 0 spiro atoms. The van der Waals surface area contributed by atoms with Gasteiger partial charge in [-0.15, -0.1) is 0 Å². The number of benzene rings is 2. The van der Waals surface area contributed by atoms with Gasteiger partial charge < -0.3 is 19.2 Å². The van der Waals surface area contributed by atoms with Gasteiger partial charge in [0.1, 0.15) is 30.9 Å². The van der Waals surface area contributed by atoms with E-state index < -0.39 is 0 Å². The van der Waals surface area contributed by atoms with E-state index in [1.807, 2.05) is 61.5 Å². The van der Waals surface area contributed by atoms with Crippen LogP contribution in [0.5, 0.6) is 11.5 Å². The van der Waals surface area contributed by atoms with Crippen molar-refractivity contribution in [3.63, 3.8) is 0 Å². The molecule has 0 atom stereocenters. The maximum absolute atomic E-state index is 6.08. The number of hydrogen-bond donors (Lipinski definition) is 0. The van der Waals surface area contributed by atoms with Crippen molar-refractivity contribution in [2.24, 2.45) is 5.16 Å². The summed E-state index contributed by atoms with van der Waals surface area (Å²) < 4.78 is 11.8. The molecule has 0 radical (unpaired) electrons. The standard InChI is InChI=1S/C25H34N2O3/c1-6-7-15-29-23-17-20(2)25(21(3)18-23)30-16-11-14-27(4)19-24(26-28-5)22-12-9-8-10-13-22/h6-10,12-13,17-18H,11,14-16,19H2,1-5H3/b7-6+,26-24-. The van der Waals surface area contributed by atoms with Gasteiger partial charge in [-0.3, -0.25) is 0 Å². The first-order valence-corrected chi connectivity index (χ1v) is 10.4. The number of allylic oxidation sites excluding steroid dienone is 1. The summed E-state index contributed by atoms with van der Waals surface area (Å²) in [5.41, 5.74) is 4.18. The second kappa shape index (κ2) is 12.7. The molecule has 30 heavy (non-hydrogen) atoms. The first-order valence-electron chi connectivity index (χ1n) is 10.4. The van der Waals surface area contributed by atoms with Gasteiger partial charge in [0.2, 0.25) is 0 Å². The van der Waals surface area contributed by atoms with Gasteiger partial charge >= 0.3 is 0 Å². The molecule has 5 nitrogen and oxygen atoms in total. The van der Waals surface area contributed by atoms with E-state index in [2.05, 4.69) is 31.0 Å². The lowest BCUT2D eigenvalue weighted by Gasteiger charge is -2.19. The predicted molar refractivity (Wildman–Crippen MR) is 124 cm³/mol. The van der Waals surface area contributed by atoms with Crippen LogP contribution < -0.4 is 9.47 Å². The van der Waals surface area contributed by atoms with E-state index in [0.29, 0.717) is 19.8 Å². The molecule has 2 aromatic rings. The number of likely N-dealkylation sites (N-methyl/N-ethyl adjacent to an activating group) is 1. The molecule has 0 saturated carbocycles. The summed E-state index contributed by atoms with van der Waals surface area (Å²) in [6, 6.07) is 14.2. The van der Waals surface area contributed by atoms with Crippen LogP contribution >= 0.6 is 0 Å². The third kappa shape index (κ3) is 7.56. The zero-order chi connectivity index (χ0) is 21.8. The zero-order valence-corrected chi connectivity index (χ0v) is 18.9. The van der Waals surface area contributed by atoms with Crippen molar-refractivity contribution >= 4 is 5.71 Å². The van der Waals surface area contributed by atoms with Crippen LogP contribution in [0, 0.1) is 13.8 Å². The molecule has 0 fully saturated rings. The molecular weight excluding hydrogens is 376 g/mol. The number of aryl methyl sites for hydroxylation is 2.